The lowest BCUT2D eigenvalue weighted by molar-refractivity contribution is 0.127. The predicted molar refractivity (Wildman–Crippen MR) is 174 cm³/mol. The van der Waals surface area contributed by atoms with Gasteiger partial charge in [0.15, 0.2) is 0 Å². The van der Waals surface area contributed by atoms with Crippen molar-refractivity contribution in [2.45, 2.75) is 144 Å². The molecule has 0 bridgehead atoms. The van der Waals surface area contributed by atoms with Gasteiger partial charge in [0.05, 0.1) is 6.61 Å². The quantitative estimate of drug-likeness (QED) is 0.244. The summed E-state index contributed by atoms with van der Waals surface area (Å²) in [4.78, 5) is 0. The van der Waals surface area contributed by atoms with Crippen molar-refractivity contribution in [1.29, 1.82) is 0 Å². The Morgan fingerprint density at radius 1 is 0.675 bits per heavy atom. The van der Waals surface area contributed by atoms with Gasteiger partial charge in [-0.15, -0.1) is 0 Å². The summed E-state index contributed by atoms with van der Waals surface area (Å²) in [5.74, 6) is 4.82. The van der Waals surface area contributed by atoms with E-state index in [9.17, 15) is 0 Å². The fraction of sp³-hybridized carbons (Fsp3) is 0.692. The smallest absolute Gasteiger partial charge is 0.122 e. The van der Waals surface area contributed by atoms with Crippen LogP contribution in [0.2, 0.25) is 0 Å². The van der Waals surface area contributed by atoms with Crippen LogP contribution < -0.4 is 4.74 Å². The molecule has 2 aromatic carbocycles. The molecular formula is C39H60O. The van der Waals surface area contributed by atoms with Crippen LogP contribution in [0.4, 0.5) is 0 Å². The highest BCUT2D eigenvalue weighted by atomic mass is 16.5. The SMILES string of the molecule is CCc1cc(-c2ccc(C3CCC(CCC4CCC(C)CC4)CC3)cc2CC)ccc1OCC(CC)(CC)CC. The Bertz CT molecular complexity index is 1020. The minimum absolute atomic E-state index is 0.294. The van der Waals surface area contributed by atoms with E-state index in [1.54, 1.807) is 5.56 Å². The number of hydrogen-bond donors (Lipinski definition) is 0. The predicted octanol–water partition coefficient (Wildman–Crippen LogP) is 12.0. The molecule has 0 N–H and O–H groups in total. The molecule has 0 spiro atoms. The summed E-state index contributed by atoms with van der Waals surface area (Å²) in [6, 6.07) is 14.4. The summed E-state index contributed by atoms with van der Waals surface area (Å²) in [7, 11) is 0. The Morgan fingerprint density at radius 3 is 1.85 bits per heavy atom. The molecule has 0 radical (unpaired) electrons. The molecule has 0 unspecified atom stereocenters. The minimum Gasteiger partial charge on any atom is -0.493 e. The van der Waals surface area contributed by atoms with Gasteiger partial charge in [-0.1, -0.05) is 104 Å². The standard InChI is InChI=1S/C39H60O/c1-7-32-26-35(34-20-18-31(19-21-34)17-16-30-14-12-29(6)13-15-30)22-24-37(32)36-23-25-38(33(8-2)27-36)40-28-39(9-3,10-4)11-5/h22-27,29-31,34H,7-21,28H2,1-6H3. The highest BCUT2D eigenvalue weighted by molar-refractivity contribution is 5.70. The molecule has 2 saturated carbocycles. The van der Waals surface area contributed by atoms with E-state index in [-0.39, 0.29) is 0 Å². The van der Waals surface area contributed by atoms with Crippen LogP contribution in [0.1, 0.15) is 148 Å². The molecule has 2 aliphatic rings. The molecule has 0 aromatic heterocycles. The van der Waals surface area contributed by atoms with Crippen LogP contribution >= 0.6 is 0 Å². The van der Waals surface area contributed by atoms with Crippen LogP contribution in [0.25, 0.3) is 11.1 Å². The molecule has 2 aliphatic carbocycles. The number of ether oxygens (including phenoxy) is 1. The Kier molecular flexibility index (Phi) is 11.6. The topological polar surface area (TPSA) is 9.23 Å². The highest BCUT2D eigenvalue weighted by Crippen LogP contribution is 2.41. The summed E-state index contributed by atoms with van der Waals surface area (Å²) < 4.78 is 6.48. The summed E-state index contributed by atoms with van der Waals surface area (Å²) in [6.07, 6.45) is 20.2. The summed E-state index contributed by atoms with van der Waals surface area (Å²) in [5, 5.41) is 0. The second-order valence-electron chi connectivity index (χ2n) is 13.7. The van der Waals surface area contributed by atoms with E-state index < -0.39 is 0 Å². The van der Waals surface area contributed by atoms with Crippen molar-refractivity contribution in [3.05, 3.63) is 53.1 Å². The minimum atomic E-state index is 0.294. The molecule has 0 atom stereocenters. The summed E-state index contributed by atoms with van der Waals surface area (Å²) in [6.45, 7) is 14.8. The van der Waals surface area contributed by atoms with Crippen molar-refractivity contribution in [3.63, 3.8) is 0 Å². The number of benzene rings is 2. The maximum absolute atomic E-state index is 6.48. The zero-order chi connectivity index (χ0) is 28.5. The number of aryl methyl sites for hydroxylation is 2. The van der Waals surface area contributed by atoms with Crippen molar-refractivity contribution < 1.29 is 4.74 Å². The first-order valence-electron chi connectivity index (χ1n) is 17.3. The van der Waals surface area contributed by atoms with Gasteiger partial charge in [0.2, 0.25) is 0 Å². The molecule has 1 nitrogen and oxygen atoms in total. The van der Waals surface area contributed by atoms with Crippen LogP contribution in [-0.4, -0.2) is 6.61 Å². The number of rotatable bonds is 13. The molecule has 0 amide bonds. The maximum Gasteiger partial charge on any atom is 0.122 e. The van der Waals surface area contributed by atoms with Crippen molar-refractivity contribution in [3.8, 4) is 16.9 Å². The van der Waals surface area contributed by atoms with Crippen molar-refractivity contribution in [2.75, 3.05) is 6.61 Å². The Morgan fingerprint density at radius 2 is 1.27 bits per heavy atom. The second kappa shape index (κ2) is 14.9. The molecule has 0 aliphatic heterocycles. The third-order valence-electron chi connectivity index (χ3n) is 11.5. The fourth-order valence-electron chi connectivity index (χ4n) is 7.77. The van der Waals surface area contributed by atoms with Crippen LogP contribution in [-0.2, 0) is 12.8 Å². The van der Waals surface area contributed by atoms with Crippen molar-refractivity contribution >= 4 is 0 Å². The maximum atomic E-state index is 6.48. The van der Waals surface area contributed by atoms with Gasteiger partial charge in [-0.2, -0.15) is 0 Å². The van der Waals surface area contributed by atoms with Gasteiger partial charge in [0.25, 0.3) is 0 Å². The molecule has 2 fully saturated rings. The third-order valence-corrected chi connectivity index (χ3v) is 11.5. The normalized spacial score (nSPS) is 23.8. The molecule has 0 heterocycles. The first-order valence-corrected chi connectivity index (χ1v) is 17.3. The lowest BCUT2D eigenvalue weighted by atomic mass is 9.74. The van der Waals surface area contributed by atoms with Crippen molar-refractivity contribution in [1.82, 2.24) is 0 Å². The van der Waals surface area contributed by atoms with Gasteiger partial charge in [0, 0.05) is 5.41 Å². The molecule has 4 rings (SSSR count). The van der Waals surface area contributed by atoms with Gasteiger partial charge in [0.1, 0.15) is 5.75 Å². The monoisotopic (exact) mass is 544 g/mol. The van der Waals surface area contributed by atoms with Crippen molar-refractivity contribution in [2.24, 2.45) is 23.2 Å². The van der Waals surface area contributed by atoms with E-state index in [0.717, 1.165) is 48.9 Å². The van der Waals surface area contributed by atoms with Gasteiger partial charge >= 0.3 is 0 Å². The molecule has 2 aromatic rings. The lowest BCUT2D eigenvalue weighted by Crippen LogP contribution is -2.26. The zero-order valence-electron chi connectivity index (χ0n) is 27.0. The van der Waals surface area contributed by atoms with Gasteiger partial charge < -0.3 is 4.74 Å². The average molecular weight is 545 g/mol. The van der Waals surface area contributed by atoms with Crippen LogP contribution in [0.15, 0.2) is 36.4 Å². The van der Waals surface area contributed by atoms with E-state index in [1.165, 1.54) is 106 Å². The van der Waals surface area contributed by atoms with Crippen LogP contribution in [0, 0.1) is 23.2 Å². The van der Waals surface area contributed by atoms with Crippen LogP contribution in [0.5, 0.6) is 5.75 Å². The molecule has 40 heavy (non-hydrogen) atoms. The van der Waals surface area contributed by atoms with E-state index >= 15 is 0 Å². The first kappa shape index (κ1) is 31.2. The zero-order valence-corrected chi connectivity index (χ0v) is 27.0. The highest BCUT2D eigenvalue weighted by Gasteiger charge is 2.26. The Balaban J connectivity index is 1.38. The van der Waals surface area contributed by atoms with Crippen LogP contribution in [0.3, 0.4) is 0 Å². The van der Waals surface area contributed by atoms with Gasteiger partial charge in [-0.05, 0) is 121 Å². The Labute approximate surface area is 247 Å². The summed E-state index contributed by atoms with van der Waals surface area (Å²) in [5.41, 5.74) is 7.48. The first-order chi connectivity index (χ1) is 19.4. The largest absolute Gasteiger partial charge is 0.493 e. The molecule has 0 saturated heterocycles. The van der Waals surface area contributed by atoms with E-state index in [0.29, 0.717) is 5.41 Å². The fourth-order valence-corrected chi connectivity index (χ4v) is 7.77. The third kappa shape index (κ3) is 7.74. The number of hydrogen-bond acceptors (Lipinski definition) is 1. The molecule has 1 heteroatoms. The van der Waals surface area contributed by atoms with Gasteiger partial charge in [-0.25, -0.2) is 0 Å². The van der Waals surface area contributed by atoms with Gasteiger partial charge in [-0.3, -0.25) is 0 Å². The summed E-state index contributed by atoms with van der Waals surface area (Å²) >= 11 is 0. The van der Waals surface area contributed by atoms with E-state index in [2.05, 4.69) is 77.9 Å². The average Bonchev–Trinajstić information content (AvgIpc) is 3.01. The van der Waals surface area contributed by atoms with E-state index in [4.69, 9.17) is 4.74 Å². The second-order valence-corrected chi connectivity index (χ2v) is 13.7. The molecular weight excluding hydrogens is 484 g/mol. The Hall–Kier alpha value is -1.76. The van der Waals surface area contributed by atoms with E-state index in [1.807, 2.05) is 0 Å². The molecule has 222 valence electrons. The lowest BCUT2D eigenvalue weighted by Gasteiger charge is -2.31.